The molecule has 2 aromatic carbocycles. The molecule has 1 amide bonds. The first kappa shape index (κ1) is 22.6. The van der Waals surface area contributed by atoms with Crippen molar-refractivity contribution in [3.63, 3.8) is 0 Å². The molecule has 0 aliphatic rings. The van der Waals surface area contributed by atoms with Crippen molar-refractivity contribution in [1.82, 2.24) is 9.55 Å². The number of carbonyl (C=O) groups excluding carboxylic acids is 1. The maximum atomic E-state index is 13.1. The highest BCUT2D eigenvalue weighted by Gasteiger charge is 2.31. The predicted molar refractivity (Wildman–Crippen MR) is 115 cm³/mol. The molecule has 172 valence electrons. The first-order chi connectivity index (χ1) is 15.5. The normalized spacial score (nSPS) is 12.2. The number of sulfone groups is 1. The summed E-state index contributed by atoms with van der Waals surface area (Å²) in [5.74, 6) is -0.135. The molecule has 0 unspecified atom stereocenters. The number of aromatic nitrogens is 2. The van der Waals surface area contributed by atoms with Gasteiger partial charge in [0, 0.05) is 11.8 Å². The fraction of sp³-hybridized carbons (Fsp3) is 0.182. The number of rotatable bonds is 6. The summed E-state index contributed by atoms with van der Waals surface area (Å²) in [7, 11) is -3.22. The highest BCUT2D eigenvalue weighted by atomic mass is 32.2. The first-order valence-corrected chi connectivity index (χ1v) is 11.7. The number of carbonyl (C=O) groups is 1. The van der Waals surface area contributed by atoms with Gasteiger partial charge in [0.15, 0.2) is 9.84 Å². The number of furan rings is 1. The summed E-state index contributed by atoms with van der Waals surface area (Å²) in [5.41, 5.74) is 0.365. The molecular weight excluding hydrogens is 459 g/mol. The number of hydrogen-bond acceptors (Lipinski definition) is 5. The van der Waals surface area contributed by atoms with Crippen molar-refractivity contribution in [3.05, 3.63) is 83.3 Å². The lowest BCUT2D eigenvalue weighted by Gasteiger charge is -2.10. The van der Waals surface area contributed by atoms with Crippen molar-refractivity contribution in [1.29, 1.82) is 0 Å². The van der Waals surface area contributed by atoms with Gasteiger partial charge in [0.2, 0.25) is 5.95 Å². The summed E-state index contributed by atoms with van der Waals surface area (Å²) in [5, 5.41) is 2.63. The summed E-state index contributed by atoms with van der Waals surface area (Å²) < 4.78 is 69.2. The van der Waals surface area contributed by atoms with E-state index < -0.39 is 27.5 Å². The van der Waals surface area contributed by atoms with Crippen molar-refractivity contribution < 1.29 is 30.8 Å². The van der Waals surface area contributed by atoms with Gasteiger partial charge in [-0.2, -0.15) is 13.2 Å². The second kappa shape index (κ2) is 8.39. The third kappa shape index (κ3) is 5.25. The number of nitrogens with one attached hydrogen (secondary N) is 1. The van der Waals surface area contributed by atoms with Crippen LogP contribution in [0.1, 0.15) is 27.2 Å². The van der Waals surface area contributed by atoms with Crippen LogP contribution in [-0.4, -0.2) is 30.1 Å². The summed E-state index contributed by atoms with van der Waals surface area (Å²) in [6.07, 6.45) is -1.95. The molecule has 0 radical (unpaired) electrons. The number of amides is 1. The average molecular weight is 477 g/mol. The van der Waals surface area contributed by atoms with Gasteiger partial charge in [-0.25, -0.2) is 13.4 Å². The minimum atomic E-state index is -4.53. The molecule has 0 bridgehead atoms. The quantitative estimate of drug-likeness (QED) is 0.442. The molecule has 0 saturated heterocycles. The molecule has 4 aromatic rings. The second-order valence-corrected chi connectivity index (χ2v) is 9.66. The van der Waals surface area contributed by atoms with Crippen molar-refractivity contribution in [2.75, 3.05) is 11.6 Å². The van der Waals surface area contributed by atoms with Crippen LogP contribution < -0.4 is 5.32 Å². The Balaban J connectivity index is 1.67. The summed E-state index contributed by atoms with van der Waals surface area (Å²) >= 11 is 0. The molecule has 0 fully saturated rings. The van der Waals surface area contributed by atoms with Crippen molar-refractivity contribution in [2.45, 2.75) is 18.5 Å². The van der Waals surface area contributed by atoms with E-state index in [4.69, 9.17) is 4.42 Å². The Hall–Kier alpha value is -3.60. The van der Waals surface area contributed by atoms with Gasteiger partial charge in [-0.3, -0.25) is 10.1 Å². The molecule has 4 rings (SSSR count). The number of benzene rings is 2. The minimum Gasteiger partial charge on any atom is -0.467 e. The van der Waals surface area contributed by atoms with Gasteiger partial charge in [0.1, 0.15) is 5.76 Å². The highest BCUT2D eigenvalue weighted by Crippen LogP contribution is 2.32. The van der Waals surface area contributed by atoms with E-state index >= 15 is 0 Å². The van der Waals surface area contributed by atoms with Gasteiger partial charge < -0.3 is 8.98 Å². The largest absolute Gasteiger partial charge is 0.467 e. The Morgan fingerprint density at radius 1 is 1.12 bits per heavy atom. The maximum Gasteiger partial charge on any atom is 0.416 e. The smallest absolute Gasteiger partial charge is 0.416 e. The number of fused-ring (bicyclic) bond motifs is 1. The number of imidazole rings is 1. The van der Waals surface area contributed by atoms with E-state index in [2.05, 4.69) is 10.3 Å². The Morgan fingerprint density at radius 2 is 1.85 bits per heavy atom. The van der Waals surface area contributed by atoms with Crippen molar-refractivity contribution in [3.8, 4) is 0 Å². The van der Waals surface area contributed by atoms with Gasteiger partial charge in [0.05, 0.1) is 35.2 Å². The highest BCUT2D eigenvalue weighted by molar-refractivity contribution is 7.89. The van der Waals surface area contributed by atoms with Crippen LogP contribution in [0, 0.1) is 0 Å². The molecule has 0 saturated carbocycles. The molecule has 0 atom stereocenters. The summed E-state index contributed by atoms with van der Waals surface area (Å²) in [4.78, 5) is 17.0. The molecule has 0 spiro atoms. The van der Waals surface area contributed by atoms with E-state index in [1.807, 2.05) is 0 Å². The van der Waals surface area contributed by atoms with Crippen LogP contribution in [0.3, 0.4) is 0 Å². The molecule has 11 heteroatoms. The fourth-order valence-corrected chi connectivity index (χ4v) is 4.15. The third-order valence-electron chi connectivity index (χ3n) is 4.84. The zero-order chi connectivity index (χ0) is 23.8. The maximum absolute atomic E-state index is 13.1. The first-order valence-electron chi connectivity index (χ1n) is 9.67. The molecule has 33 heavy (non-hydrogen) atoms. The summed E-state index contributed by atoms with van der Waals surface area (Å²) in [6, 6.07) is 12.5. The standard InChI is InChI=1S/C22H18F3N3O4S/c1-33(30,31)13-14-4-6-15(7-5-14)20(29)27-21-26-18-11-16(22(23,24)25)8-9-19(18)28(21)12-17-3-2-10-32-17/h2-11H,12-13H2,1H3,(H,26,27,29). The second-order valence-electron chi connectivity index (χ2n) is 7.52. The SMILES string of the molecule is CS(=O)(=O)Cc1ccc(C(=O)Nc2nc3cc(C(F)(F)F)ccc3n2Cc2ccco2)cc1. The topological polar surface area (TPSA) is 94.2 Å². The zero-order valence-electron chi connectivity index (χ0n) is 17.3. The van der Waals surface area contributed by atoms with E-state index in [1.165, 1.54) is 36.6 Å². The van der Waals surface area contributed by atoms with Crippen LogP contribution >= 0.6 is 0 Å². The average Bonchev–Trinajstić information content (AvgIpc) is 3.35. The summed E-state index contributed by atoms with van der Waals surface area (Å²) in [6.45, 7) is 0.137. The molecule has 1 N–H and O–H groups in total. The van der Waals surface area contributed by atoms with E-state index in [9.17, 15) is 26.4 Å². The van der Waals surface area contributed by atoms with Crippen LogP contribution in [0.5, 0.6) is 0 Å². The monoisotopic (exact) mass is 477 g/mol. The molecule has 2 aromatic heterocycles. The lowest BCUT2D eigenvalue weighted by atomic mass is 10.1. The fourth-order valence-electron chi connectivity index (χ4n) is 3.35. The van der Waals surface area contributed by atoms with Crippen LogP contribution in [-0.2, 0) is 28.3 Å². The Bertz CT molecular complexity index is 1410. The Morgan fingerprint density at radius 3 is 2.45 bits per heavy atom. The van der Waals surface area contributed by atoms with Gasteiger partial charge in [0.25, 0.3) is 5.91 Å². The number of nitrogens with zero attached hydrogens (tertiary/aromatic N) is 2. The lowest BCUT2D eigenvalue weighted by molar-refractivity contribution is -0.137. The van der Waals surface area contributed by atoms with Crippen molar-refractivity contribution in [2.24, 2.45) is 0 Å². The number of alkyl halides is 3. The van der Waals surface area contributed by atoms with Gasteiger partial charge in [-0.1, -0.05) is 12.1 Å². The van der Waals surface area contributed by atoms with Crippen LogP contribution in [0.4, 0.5) is 19.1 Å². The molecule has 2 heterocycles. The molecular formula is C22H18F3N3O4S. The van der Waals surface area contributed by atoms with Gasteiger partial charge in [-0.15, -0.1) is 0 Å². The molecule has 0 aliphatic carbocycles. The molecule has 0 aliphatic heterocycles. The Labute approximate surface area is 186 Å². The zero-order valence-corrected chi connectivity index (χ0v) is 18.1. The van der Waals surface area contributed by atoms with Crippen LogP contribution in [0.25, 0.3) is 11.0 Å². The minimum absolute atomic E-state index is 0.0472. The van der Waals surface area contributed by atoms with E-state index in [1.54, 1.807) is 16.7 Å². The third-order valence-corrected chi connectivity index (χ3v) is 5.70. The van der Waals surface area contributed by atoms with E-state index in [0.29, 0.717) is 16.8 Å². The van der Waals surface area contributed by atoms with Crippen molar-refractivity contribution >= 4 is 32.7 Å². The Kier molecular flexibility index (Phi) is 5.75. The number of hydrogen-bond donors (Lipinski definition) is 1. The molecule has 7 nitrogen and oxygen atoms in total. The van der Waals surface area contributed by atoms with Crippen LogP contribution in [0.2, 0.25) is 0 Å². The van der Waals surface area contributed by atoms with Gasteiger partial charge >= 0.3 is 6.18 Å². The van der Waals surface area contributed by atoms with E-state index in [0.717, 1.165) is 18.4 Å². The van der Waals surface area contributed by atoms with Gasteiger partial charge in [-0.05, 0) is 48.0 Å². The van der Waals surface area contributed by atoms with Crippen LogP contribution in [0.15, 0.2) is 65.3 Å². The lowest BCUT2D eigenvalue weighted by Crippen LogP contribution is -2.16. The predicted octanol–water partition coefficient (Wildman–Crippen LogP) is 4.49. The number of halogens is 3. The van der Waals surface area contributed by atoms with E-state index in [-0.39, 0.29) is 29.3 Å². The number of anilines is 1.